The molecule has 0 unspecified atom stereocenters. The number of benzene rings is 2. The number of nitrogens with zero attached hydrogens (tertiary/aromatic N) is 3. The molecule has 2 N–H and O–H groups in total. The third-order valence-electron chi connectivity index (χ3n) is 4.98. The topological polar surface area (TPSA) is 123 Å². The first-order chi connectivity index (χ1) is 16.3. The van der Waals surface area contributed by atoms with Crippen LogP contribution in [0.5, 0.6) is 17.4 Å². The number of amides is 1. The van der Waals surface area contributed by atoms with E-state index in [1.54, 1.807) is 36.4 Å². The Hall–Kier alpha value is -4.12. The quantitative estimate of drug-likeness (QED) is 0.469. The largest absolute Gasteiger partial charge is 0.490 e. The van der Waals surface area contributed by atoms with Crippen LogP contribution in [0.2, 0.25) is 0 Å². The van der Waals surface area contributed by atoms with Gasteiger partial charge in [-0.3, -0.25) is 4.79 Å². The van der Waals surface area contributed by atoms with E-state index in [4.69, 9.17) is 9.47 Å². The smallest absolute Gasteiger partial charge is 0.267 e. The summed E-state index contributed by atoms with van der Waals surface area (Å²) in [7, 11) is -2.36. The first-order valence-corrected chi connectivity index (χ1v) is 12.1. The number of nitrogens with one attached hydrogen (secondary N) is 2. The van der Waals surface area contributed by atoms with Crippen LogP contribution in [0.25, 0.3) is 0 Å². The summed E-state index contributed by atoms with van der Waals surface area (Å²) < 4.78 is 37.7. The van der Waals surface area contributed by atoms with Gasteiger partial charge in [0.1, 0.15) is 5.75 Å². The van der Waals surface area contributed by atoms with Gasteiger partial charge in [-0.1, -0.05) is 12.6 Å². The van der Waals surface area contributed by atoms with Crippen molar-refractivity contribution < 1.29 is 22.7 Å². The second-order valence-corrected chi connectivity index (χ2v) is 9.24. The van der Waals surface area contributed by atoms with Crippen molar-refractivity contribution >= 4 is 38.9 Å². The summed E-state index contributed by atoms with van der Waals surface area (Å²) in [6.45, 7) is 4.22. The highest BCUT2D eigenvalue weighted by Gasteiger charge is 2.26. The fourth-order valence-corrected chi connectivity index (χ4v) is 4.35. The lowest BCUT2D eigenvalue weighted by Gasteiger charge is -2.22. The summed E-state index contributed by atoms with van der Waals surface area (Å²) in [6, 6.07) is 11.9. The standard InChI is InChI=1S/C23H23N5O5S/c1-4-21(29)26-16-6-5-7-18(13-16)33-22-20(32-2)14-25-23(27-22)28(34(3,30)31)17-8-9-19-15(12-17)10-11-24-19/h4-9,12-14,24H,1,10-11H2,2-3H3,(H,26,29). The van der Waals surface area contributed by atoms with Crippen molar-refractivity contribution in [2.45, 2.75) is 6.42 Å². The predicted octanol–water partition coefficient (Wildman–Crippen LogP) is 3.47. The van der Waals surface area contributed by atoms with E-state index in [9.17, 15) is 13.2 Å². The van der Waals surface area contributed by atoms with Gasteiger partial charge in [-0.25, -0.2) is 17.7 Å². The van der Waals surface area contributed by atoms with E-state index in [0.29, 0.717) is 17.1 Å². The van der Waals surface area contributed by atoms with E-state index in [0.717, 1.165) is 40.9 Å². The minimum atomic E-state index is -3.79. The Morgan fingerprint density at radius 3 is 2.82 bits per heavy atom. The summed E-state index contributed by atoms with van der Waals surface area (Å²) in [4.78, 5) is 20.1. The Kier molecular flexibility index (Phi) is 6.37. The lowest BCUT2D eigenvalue weighted by atomic mass is 10.1. The average Bonchev–Trinajstić information content (AvgIpc) is 3.27. The van der Waals surface area contributed by atoms with Gasteiger partial charge >= 0.3 is 0 Å². The second kappa shape index (κ2) is 9.40. The first-order valence-electron chi connectivity index (χ1n) is 10.3. The number of rotatable bonds is 8. The zero-order valence-corrected chi connectivity index (χ0v) is 19.4. The third kappa shape index (κ3) is 4.94. The Labute approximate surface area is 197 Å². The van der Waals surface area contributed by atoms with Gasteiger partial charge < -0.3 is 20.1 Å². The predicted molar refractivity (Wildman–Crippen MR) is 130 cm³/mol. The first kappa shape index (κ1) is 23.1. The van der Waals surface area contributed by atoms with Gasteiger partial charge in [0.25, 0.3) is 5.88 Å². The summed E-state index contributed by atoms with van der Waals surface area (Å²) in [5, 5.41) is 5.89. The van der Waals surface area contributed by atoms with E-state index >= 15 is 0 Å². The molecule has 0 saturated carbocycles. The lowest BCUT2D eigenvalue weighted by molar-refractivity contribution is -0.111. The summed E-state index contributed by atoms with van der Waals surface area (Å²) in [6.07, 6.45) is 4.37. The van der Waals surface area contributed by atoms with E-state index in [2.05, 4.69) is 27.2 Å². The number of sulfonamides is 1. The van der Waals surface area contributed by atoms with Crippen LogP contribution in [-0.4, -0.2) is 44.2 Å². The molecule has 1 aliphatic rings. The van der Waals surface area contributed by atoms with Crippen LogP contribution in [0.1, 0.15) is 5.56 Å². The Balaban J connectivity index is 1.72. The molecule has 0 radical (unpaired) electrons. The highest BCUT2D eigenvalue weighted by atomic mass is 32.2. The highest BCUT2D eigenvalue weighted by Crippen LogP contribution is 2.35. The molecule has 0 bridgehead atoms. The van der Waals surface area contributed by atoms with Crippen LogP contribution < -0.4 is 24.4 Å². The minimum absolute atomic E-state index is 0.0103. The van der Waals surface area contributed by atoms with E-state index in [-0.39, 0.29) is 23.5 Å². The van der Waals surface area contributed by atoms with Crippen LogP contribution in [0, 0.1) is 0 Å². The van der Waals surface area contributed by atoms with Gasteiger partial charge in [-0.05, 0) is 48.4 Å². The Morgan fingerprint density at radius 1 is 1.26 bits per heavy atom. The maximum Gasteiger partial charge on any atom is 0.267 e. The molecule has 0 atom stereocenters. The van der Waals surface area contributed by atoms with Gasteiger partial charge in [0, 0.05) is 24.0 Å². The minimum Gasteiger partial charge on any atom is -0.490 e. The molecule has 1 aromatic heterocycles. The molecule has 1 aliphatic heterocycles. The van der Waals surface area contributed by atoms with Crippen LogP contribution >= 0.6 is 0 Å². The average molecular weight is 482 g/mol. The zero-order chi connectivity index (χ0) is 24.3. The van der Waals surface area contributed by atoms with Crippen molar-refractivity contribution in [3.05, 3.63) is 66.9 Å². The van der Waals surface area contributed by atoms with Crippen molar-refractivity contribution in [3.63, 3.8) is 0 Å². The molecule has 4 rings (SSSR count). The number of hydrogen-bond donors (Lipinski definition) is 2. The molecular weight excluding hydrogens is 458 g/mol. The van der Waals surface area contributed by atoms with Crippen LogP contribution in [0.4, 0.5) is 23.0 Å². The number of anilines is 4. The van der Waals surface area contributed by atoms with Crippen LogP contribution in [-0.2, 0) is 21.2 Å². The van der Waals surface area contributed by atoms with Gasteiger partial charge in [0.2, 0.25) is 21.9 Å². The number of carbonyl (C=O) groups is 1. The summed E-state index contributed by atoms with van der Waals surface area (Å²) in [5.74, 6) is 0.0964. The second-order valence-electron chi connectivity index (χ2n) is 7.41. The lowest BCUT2D eigenvalue weighted by Crippen LogP contribution is -2.26. The number of fused-ring (bicyclic) bond motifs is 1. The molecule has 0 aliphatic carbocycles. The van der Waals surface area contributed by atoms with Crippen molar-refractivity contribution in [2.75, 3.05) is 34.8 Å². The molecule has 0 spiro atoms. The Bertz CT molecular complexity index is 1360. The number of carbonyl (C=O) groups excluding carboxylic acids is 1. The Morgan fingerprint density at radius 2 is 2.09 bits per heavy atom. The molecule has 0 saturated heterocycles. The van der Waals surface area contributed by atoms with Crippen LogP contribution in [0.3, 0.4) is 0 Å². The fourth-order valence-electron chi connectivity index (χ4n) is 3.47. The zero-order valence-electron chi connectivity index (χ0n) is 18.6. The molecule has 10 nitrogen and oxygen atoms in total. The molecule has 3 aromatic rings. The molecule has 0 fully saturated rings. The van der Waals surface area contributed by atoms with Gasteiger partial charge in [-0.2, -0.15) is 4.98 Å². The third-order valence-corrected chi connectivity index (χ3v) is 6.01. The molecule has 2 aromatic carbocycles. The van der Waals surface area contributed by atoms with Gasteiger partial charge in [-0.15, -0.1) is 0 Å². The van der Waals surface area contributed by atoms with Gasteiger partial charge in [0.05, 0.1) is 25.2 Å². The number of ether oxygens (including phenoxy) is 2. The fraction of sp³-hybridized carbons (Fsp3) is 0.174. The van der Waals surface area contributed by atoms with Gasteiger partial charge in [0.15, 0.2) is 5.75 Å². The number of aromatic nitrogens is 2. The van der Waals surface area contributed by atoms with Crippen molar-refractivity contribution in [3.8, 4) is 17.4 Å². The maximum atomic E-state index is 12.7. The SMILES string of the molecule is C=CC(=O)Nc1cccc(Oc2nc(N(c3ccc4c(c3)CCN4)S(C)(=O)=O)ncc2OC)c1. The number of hydrogen-bond acceptors (Lipinski definition) is 8. The van der Waals surface area contributed by atoms with E-state index < -0.39 is 10.0 Å². The molecule has 34 heavy (non-hydrogen) atoms. The molecular formula is C23H23N5O5S. The van der Waals surface area contributed by atoms with Crippen LogP contribution in [0.15, 0.2) is 61.3 Å². The maximum absolute atomic E-state index is 12.7. The normalized spacial score (nSPS) is 12.3. The molecule has 1 amide bonds. The van der Waals surface area contributed by atoms with Crippen molar-refractivity contribution in [1.82, 2.24) is 9.97 Å². The molecule has 176 valence electrons. The number of methoxy groups -OCH3 is 1. The molecule has 11 heteroatoms. The van der Waals surface area contributed by atoms with E-state index in [1.165, 1.54) is 13.3 Å². The van der Waals surface area contributed by atoms with E-state index in [1.807, 2.05) is 6.07 Å². The monoisotopic (exact) mass is 481 g/mol. The highest BCUT2D eigenvalue weighted by molar-refractivity contribution is 7.92. The molecule has 2 heterocycles. The summed E-state index contributed by atoms with van der Waals surface area (Å²) in [5.41, 5.74) is 2.88. The summed E-state index contributed by atoms with van der Waals surface area (Å²) >= 11 is 0. The van der Waals surface area contributed by atoms with Crippen molar-refractivity contribution in [1.29, 1.82) is 0 Å². The van der Waals surface area contributed by atoms with Crippen molar-refractivity contribution in [2.24, 2.45) is 0 Å².